The number of aryl methyl sites for hydroxylation is 1. The Morgan fingerprint density at radius 3 is 2.93 bits per heavy atom. The van der Waals surface area contributed by atoms with Crippen molar-refractivity contribution >= 4 is 23.5 Å². The van der Waals surface area contributed by atoms with Gasteiger partial charge in [0.2, 0.25) is 0 Å². The fourth-order valence-electron chi connectivity index (χ4n) is 3.74. The second-order valence-electron chi connectivity index (χ2n) is 7.39. The van der Waals surface area contributed by atoms with Gasteiger partial charge in [0.1, 0.15) is 5.78 Å². The first-order chi connectivity index (χ1) is 13.6. The third-order valence-electron chi connectivity index (χ3n) is 5.19. The van der Waals surface area contributed by atoms with Crippen molar-refractivity contribution in [3.05, 3.63) is 47.5 Å². The third kappa shape index (κ3) is 8.19. The van der Waals surface area contributed by atoms with E-state index in [1.54, 1.807) is 18.9 Å². The summed E-state index contributed by atoms with van der Waals surface area (Å²) in [4.78, 5) is 22.7. The first-order valence-corrected chi connectivity index (χ1v) is 11.3. The van der Waals surface area contributed by atoms with Crippen LogP contribution >= 0.6 is 11.8 Å². The van der Waals surface area contributed by atoms with E-state index in [0.717, 1.165) is 37.2 Å². The Morgan fingerprint density at radius 1 is 1.32 bits per heavy atom. The molecule has 0 aromatic heterocycles. The highest BCUT2D eigenvalue weighted by Gasteiger charge is 2.32. The molecule has 0 spiro atoms. The number of thioether (sulfide) groups is 1. The van der Waals surface area contributed by atoms with E-state index in [4.69, 9.17) is 9.84 Å². The van der Waals surface area contributed by atoms with E-state index in [1.165, 1.54) is 11.1 Å². The van der Waals surface area contributed by atoms with Gasteiger partial charge in [-0.3, -0.25) is 9.59 Å². The van der Waals surface area contributed by atoms with Crippen molar-refractivity contribution in [1.82, 2.24) is 0 Å². The summed E-state index contributed by atoms with van der Waals surface area (Å²) >= 11 is 1.77. The maximum absolute atomic E-state index is 12.2. The average molecular weight is 405 g/mol. The molecule has 1 aliphatic carbocycles. The van der Waals surface area contributed by atoms with E-state index in [0.29, 0.717) is 31.1 Å². The van der Waals surface area contributed by atoms with Gasteiger partial charge in [-0.15, -0.1) is 0 Å². The highest BCUT2D eigenvalue weighted by molar-refractivity contribution is 7.99. The highest BCUT2D eigenvalue weighted by Crippen LogP contribution is 2.33. The van der Waals surface area contributed by atoms with Crippen molar-refractivity contribution in [1.29, 1.82) is 0 Å². The lowest BCUT2D eigenvalue weighted by atomic mass is 9.92. The Kier molecular flexibility index (Phi) is 10.4. The minimum Gasteiger partial charge on any atom is -0.481 e. The molecule has 0 amide bonds. The first kappa shape index (κ1) is 22.7. The maximum atomic E-state index is 12.2. The molecule has 1 aromatic carbocycles. The van der Waals surface area contributed by atoms with Gasteiger partial charge in [0, 0.05) is 25.9 Å². The molecule has 1 aromatic rings. The molecule has 4 nitrogen and oxygen atoms in total. The number of benzene rings is 1. The summed E-state index contributed by atoms with van der Waals surface area (Å²) in [5, 5.41) is 8.66. The van der Waals surface area contributed by atoms with Crippen molar-refractivity contribution in [2.45, 2.75) is 51.6 Å². The number of methoxy groups -OCH3 is 1. The van der Waals surface area contributed by atoms with Gasteiger partial charge in [-0.1, -0.05) is 36.4 Å². The predicted octanol–water partition coefficient (Wildman–Crippen LogP) is 4.91. The second-order valence-corrected chi connectivity index (χ2v) is 8.62. The van der Waals surface area contributed by atoms with Crippen LogP contribution in [0.1, 0.15) is 49.7 Å². The number of hydrogen-bond acceptors (Lipinski definition) is 4. The van der Waals surface area contributed by atoms with Crippen LogP contribution in [0.15, 0.2) is 36.4 Å². The van der Waals surface area contributed by atoms with E-state index in [2.05, 4.69) is 36.4 Å². The van der Waals surface area contributed by atoms with Crippen molar-refractivity contribution in [3.63, 3.8) is 0 Å². The van der Waals surface area contributed by atoms with Gasteiger partial charge in [0.25, 0.3) is 0 Å². The van der Waals surface area contributed by atoms with Gasteiger partial charge >= 0.3 is 5.97 Å². The molecule has 1 aliphatic rings. The summed E-state index contributed by atoms with van der Waals surface area (Å²) in [6, 6.07) is 8.50. The number of Topliss-reactive ketones (excluding diaryl/α,β-unsaturated/α-hetero) is 1. The number of carbonyl (C=O) groups excluding carboxylic acids is 1. The molecule has 0 saturated heterocycles. The minimum atomic E-state index is -0.734. The predicted molar refractivity (Wildman–Crippen MR) is 115 cm³/mol. The van der Waals surface area contributed by atoms with Gasteiger partial charge in [0.15, 0.2) is 0 Å². The third-order valence-corrected chi connectivity index (χ3v) is 6.29. The van der Waals surface area contributed by atoms with Gasteiger partial charge in [-0.25, -0.2) is 0 Å². The highest BCUT2D eigenvalue weighted by atomic mass is 32.2. The van der Waals surface area contributed by atoms with Crippen LogP contribution in [0.2, 0.25) is 0 Å². The van der Waals surface area contributed by atoms with Crippen LogP contribution in [-0.4, -0.2) is 35.5 Å². The summed E-state index contributed by atoms with van der Waals surface area (Å²) in [5.41, 5.74) is 2.52. The minimum absolute atomic E-state index is 0.147. The number of hydrogen-bond donors (Lipinski definition) is 1. The standard InChI is InChI=1S/C23H32O4S/c1-27-17-19-8-4-7-18(16-19)6-2-3-9-20-11-12-22(24)21(20)13-15-28-14-5-10-23(25)26/h3-4,7-9,16,20-21H,2,5-6,10-15,17H2,1H3,(H,25,26)/b9-3+/t20-,21+/m0/s1. The Balaban J connectivity index is 1.71. The second kappa shape index (κ2) is 12.8. The Labute approximate surface area is 172 Å². The molecular weight excluding hydrogens is 372 g/mol. The number of carbonyl (C=O) groups is 2. The molecule has 154 valence electrons. The smallest absolute Gasteiger partial charge is 0.303 e. The lowest BCUT2D eigenvalue weighted by molar-refractivity contribution is -0.137. The molecule has 1 saturated carbocycles. The summed E-state index contributed by atoms with van der Waals surface area (Å²) in [5.74, 6) is 1.97. The largest absolute Gasteiger partial charge is 0.481 e. The molecule has 1 fully saturated rings. The molecule has 2 atom stereocenters. The number of carboxylic acid groups (broad SMARTS) is 1. The monoisotopic (exact) mass is 404 g/mol. The fraction of sp³-hybridized carbons (Fsp3) is 0.565. The number of carboxylic acids is 1. The molecule has 0 bridgehead atoms. The quantitative estimate of drug-likeness (QED) is 0.374. The molecular formula is C23H32O4S. The topological polar surface area (TPSA) is 63.6 Å². The summed E-state index contributed by atoms with van der Waals surface area (Å²) in [6.45, 7) is 0.643. The number of rotatable bonds is 13. The van der Waals surface area contributed by atoms with E-state index in [9.17, 15) is 9.59 Å². The average Bonchev–Trinajstić information content (AvgIpc) is 3.02. The van der Waals surface area contributed by atoms with Gasteiger partial charge < -0.3 is 9.84 Å². The van der Waals surface area contributed by atoms with Crippen LogP contribution in [0.3, 0.4) is 0 Å². The van der Waals surface area contributed by atoms with E-state index in [-0.39, 0.29) is 12.3 Å². The molecule has 0 aliphatic heterocycles. The number of allylic oxidation sites excluding steroid dienone is 2. The van der Waals surface area contributed by atoms with Crippen molar-refractivity contribution in [3.8, 4) is 0 Å². The van der Waals surface area contributed by atoms with Crippen LogP contribution in [0.5, 0.6) is 0 Å². The van der Waals surface area contributed by atoms with Gasteiger partial charge in [-0.05, 0) is 60.7 Å². The normalized spacial score (nSPS) is 19.5. The Bertz CT molecular complexity index is 656. The molecule has 0 heterocycles. The zero-order valence-corrected chi connectivity index (χ0v) is 17.6. The Morgan fingerprint density at radius 2 is 2.14 bits per heavy atom. The molecule has 1 N–H and O–H groups in total. The van der Waals surface area contributed by atoms with E-state index < -0.39 is 5.97 Å². The Hall–Kier alpha value is -1.59. The number of ether oxygens (including phenoxy) is 1. The summed E-state index contributed by atoms with van der Waals surface area (Å²) in [7, 11) is 1.71. The van der Waals surface area contributed by atoms with Crippen LogP contribution in [0.4, 0.5) is 0 Å². The van der Waals surface area contributed by atoms with Crippen molar-refractivity contribution in [2.24, 2.45) is 11.8 Å². The molecule has 5 heteroatoms. The lowest BCUT2D eigenvalue weighted by Gasteiger charge is -2.14. The van der Waals surface area contributed by atoms with Crippen LogP contribution in [0.25, 0.3) is 0 Å². The van der Waals surface area contributed by atoms with E-state index in [1.807, 2.05) is 0 Å². The van der Waals surface area contributed by atoms with Crippen LogP contribution < -0.4 is 0 Å². The SMILES string of the molecule is COCc1cccc(CC/C=C/[C@H]2CCC(=O)[C@@H]2CCSCCCC(=O)O)c1. The molecule has 0 unspecified atom stereocenters. The summed E-state index contributed by atoms with van der Waals surface area (Å²) < 4.78 is 5.19. The summed E-state index contributed by atoms with van der Waals surface area (Å²) in [6.07, 6.45) is 9.97. The van der Waals surface area contributed by atoms with Gasteiger partial charge in [0.05, 0.1) is 6.61 Å². The fourth-order valence-corrected chi connectivity index (χ4v) is 4.71. The maximum Gasteiger partial charge on any atom is 0.303 e. The zero-order valence-electron chi connectivity index (χ0n) is 16.8. The van der Waals surface area contributed by atoms with Crippen LogP contribution in [-0.2, 0) is 27.4 Å². The number of ketones is 1. The lowest BCUT2D eigenvalue weighted by Crippen LogP contribution is -2.14. The molecule has 28 heavy (non-hydrogen) atoms. The first-order valence-electron chi connectivity index (χ1n) is 10.2. The number of aliphatic carboxylic acids is 1. The van der Waals surface area contributed by atoms with Crippen molar-refractivity contribution < 1.29 is 19.4 Å². The van der Waals surface area contributed by atoms with E-state index >= 15 is 0 Å². The van der Waals surface area contributed by atoms with Crippen LogP contribution in [0, 0.1) is 11.8 Å². The molecule has 2 rings (SSSR count). The zero-order chi connectivity index (χ0) is 20.2. The molecule has 0 radical (unpaired) electrons. The van der Waals surface area contributed by atoms with Gasteiger partial charge in [-0.2, -0.15) is 11.8 Å². The van der Waals surface area contributed by atoms with Crippen molar-refractivity contribution in [2.75, 3.05) is 18.6 Å².